The first-order valence-electron chi connectivity index (χ1n) is 29.6. The van der Waals surface area contributed by atoms with Crippen LogP contribution >= 0.6 is 0 Å². The van der Waals surface area contributed by atoms with Crippen molar-refractivity contribution in [1.29, 1.82) is 0 Å². The fraction of sp³-hybridized carbons (Fsp3) is 0.258. The van der Waals surface area contributed by atoms with Crippen molar-refractivity contribution < 1.29 is 109 Å². The Morgan fingerprint density at radius 2 is 1.08 bits per heavy atom. The predicted octanol–water partition coefficient (Wildman–Crippen LogP) is 2.70. The minimum Gasteiger partial charge on any atom is -0.508 e. The van der Waals surface area contributed by atoms with Crippen LogP contribution < -0.4 is 57.6 Å². The minimum atomic E-state index is -2.16. The molecule has 29 nitrogen and oxygen atoms in total. The Balaban J connectivity index is 1.08. The molecular weight excluding hydrogens is 1240 g/mol. The van der Waals surface area contributed by atoms with E-state index in [1.807, 2.05) is 0 Å². The molecule has 7 aliphatic rings. The molecule has 0 spiro atoms. The Hall–Kier alpha value is -11.2. The van der Waals surface area contributed by atoms with E-state index in [0.717, 1.165) is 49.6 Å². The van der Waals surface area contributed by atoms with Gasteiger partial charge < -0.3 is 113 Å². The van der Waals surface area contributed by atoms with Crippen LogP contribution in [0.15, 0.2) is 121 Å². The number of nitrogens with two attached hydrogens (primary N) is 1. The van der Waals surface area contributed by atoms with Crippen molar-refractivity contribution in [3.63, 3.8) is 0 Å². The maximum Gasteiger partial charge on any atom is 0.333 e. The SMILES string of the molecule is COC(=O)[C@H]1NC(=O)[C@H]2NC(=O)[C@H](NC(=O)[C@@H]3NC(=O)C4NC(=O)[C@H](NC(=O)[C@H]([NH3+])c5ccc(O)c(c5)Oc5cc4cc(O)c5C)[C@H](O)c4ccc(cc4)Oc4cc3cc(c4O)Oc3ccc(cc3)C2O[C@H]2C[C@H](N)[C@@H](O)[C@H](C)O2)c2ccc(O)c(c2)-c2c(O)cc(O)cc21. The highest BCUT2D eigenvalue weighted by molar-refractivity contribution is 6.00. The highest BCUT2D eigenvalue weighted by Crippen LogP contribution is 2.48. The molecule has 7 aromatic rings. The second-order valence-corrected chi connectivity index (χ2v) is 23.4. The van der Waals surface area contributed by atoms with Crippen molar-refractivity contribution in [1.82, 2.24) is 31.9 Å². The van der Waals surface area contributed by atoms with Crippen molar-refractivity contribution >= 4 is 41.4 Å². The summed E-state index contributed by atoms with van der Waals surface area (Å²) >= 11 is 0. The summed E-state index contributed by atoms with van der Waals surface area (Å²) in [6.45, 7) is 2.95. The molecule has 19 N–H and O–H groups in total. The molecule has 0 radical (unpaired) electrons. The van der Waals surface area contributed by atoms with E-state index >= 15 is 24.0 Å². The number of carbonyl (C=O) groups is 7. The molecule has 14 rings (SSSR count). The number of benzene rings is 7. The molecule has 7 aromatic carbocycles. The molecule has 7 aliphatic heterocycles. The molecule has 7 heterocycles. The number of hydrogen-bond acceptors (Lipinski definition) is 22. The fourth-order valence-corrected chi connectivity index (χ4v) is 11.9. The summed E-state index contributed by atoms with van der Waals surface area (Å²) in [6, 6.07) is 10.1. The van der Waals surface area contributed by atoms with E-state index in [0.29, 0.717) is 0 Å². The van der Waals surface area contributed by atoms with E-state index in [1.165, 1.54) is 92.7 Å². The van der Waals surface area contributed by atoms with E-state index in [4.69, 9.17) is 34.2 Å². The van der Waals surface area contributed by atoms with Gasteiger partial charge in [-0.05, 0) is 127 Å². The average molecular weight is 1300 g/mol. The van der Waals surface area contributed by atoms with Crippen molar-refractivity contribution in [2.45, 2.75) is 99.3 Å². The van der Waals surface area contributed by atoms with Crippen molar-refractivity contribution in [3.05, 3.63) is 166 Å². The van der Waals surface area contributed by atoms with E-state index in [1.54, 1.807) is 0 Å². The highest BCUT2D eigenvalue weighted by atomic mass is 16.7. The second kappa shape index (κ2) is 25.4. The van der Waals surface area contributed by atoms with Gasteiger partial charge in [-0.25, -0.2) is 4.79 Å². The van der Waals surface area contributed by atoms with E-state index < -0.39 is 172 Å². The predicted molar refractivity (Wildman–Crippen MR) is 326 cm³/mol. The lowest BCUT2D eigenvalue weighted by atomic mass is 9.89. The summed E-state index contributed by atoms with van der Waals surface area (Å²) in [4.78, 5) is 107. The standard InChI is InChI=1S/C66H62N8O21/c1-25-41(78)17-31-19-43(25)94-44-18-29(8-15-40(44)77)49(68)60(83)73-54-57(81)27-4-10-34(11-5-27)92-45-20-32-21-46(58(45)82)93-35-12-6-28(7-13-35)59(95-47-24-38(67)56(80)26(2)91-47)55-65(88)72-53(66(89)90-3)37-22-33(75)23-42(79)48(37)36-16-30(9-14-39(36)76)50(61(84)74-55)69-63(86)52(32)70-62(85)51(31)71-64(54)87/h4-23,26,38,47,49-57,59,75-82H,24,67-68H2,1-3H3,(H,69,86)(H,70,85)(H,71,87)(H,72,88)(H,73,83)(H,74,84)/p+1/t26-,38-,47-,49+,50+,51?,52+,53-,54+,55-,56-,57+,59?/m0/s1. The second-order valence-electron chi connectivity index (χ2n) is 23.4. The molecule has 2 unspecified atom stereocenters. The molecule has 0 saturated carbocycles. The number of quaternary nitrogens is 1. The number of amides is 6. The molecule has 13 atom stereocenters. The molecule has 0 aromatic heterocycles. The summed E-state index contributed by atoms with van der Waals surface area (Å²) in [5.41, 5.74) is 8.80. The molecule has 29 heteroatoms. The van der Waals surface area contributed by atoms with Crippen LogP contribution in [-0.4, -0.2) is 126 Å². The van der Waals surface area contributed by atoms with Gasteiger partial charge in [0.05, 0.1) is 19.3 Å². The van der Waals surface area contributed by atoms with Crippen LogP contribution in [0.3, 0.4) is 0 Å². The lowest BCUT2D eigenvalue weighted by Gasteiger charge is -2.39. The highest BCUT2D eigenvalue weighted by Gasteiger charge is 2.45. The Morgan fingerprint density at radius 3 is 1.73 bits per heavy atom. The number of nitrogens with one attached hydrogen (secondary N) is 6. The minimum absolute atomic E-state index is 0.0172. The number of ether oxygens (including phenoxy) is 6. The lowest BCUT2D eigenvalue weighted by molar-refractivity contribution is -0.409. The van der Waals surface area contributed by atoms with E-state index in [-0.39, 0.29) is 79.5 Å². The number of hydrogen-bond donors (Lipinski definition) is 16. The number of esters is 1. The first-order valence-corrected chi connectivity index (χ1v) is 29.6. The Bertz CT molecular complexity index is 4270. The van der Waals surface area contributed by atoms with E-state index in [9.17, 15) is 50.4 Å². The summed E-state index contributed by atoms with van der Waals surface area (Å²) in [7, 11) is 0.987. The smallest absolute Gasteiger partial charge is 0.333 e. The number of rotatable bonds is 3. The van der Waals surface area contributed by atoms with Gasteiger partial charge >= 0.3 is 5.97 Å². The third kappa shape index (κ3) is 12.4. The largest absolute Gasteiger partial charge is 0.508 e. The van der Waals surface area contributed by atoms with Gasteiger partial charge in [0.25, 0.3) is 5.91 Å². The van der Waals surface area contributed by atoms with Crippen LogP contribution in [0, 0.1) is 6.92 Å². The topological polar surface area (TPSA) is 463 Å². The number of carbonyl (C=O) groups excluding carboxylic acids is 7. The molecule has 1 saturated heterocycles. The number of fused-ring (bicyclic) bond motifs is 14. The fourth-order valence-electron chi connectivity index (χ4n) is 11.9. The summed E-state index contributed by atoms with van der Waals surface area (Å²) < 4.78 is 36.6. The van der Waals surface area contributed by atoms with Crippen molar-refractivity contribution in [2.24, 2.45) is 5.73 Å². The number of phenols is 6. The Morgan fingerprint density at radius 1 is 0.547 bits per heavy atom. The monoisotopic (exact) mass is 1300 g/mol. The number of aliphatic hydroxyl groups is 2. The summed E-state index contributed by atoms with van der Waals surface area (Å²) in [5.74, 6) is -13.5. The normalized spacial score (nSPS) is 25.8. The van der Waals surface area contributed by atoms with Crippen LogP contribution in [0.1, 0.15) is 100 Å². The van der Waals surface area contributed by atoms with Crippen molar-refractivity contribution in [3.8, 4) is 80.1 Å². The van der Waals surface area contributed by atoms with Gasteiger partial charge in [-0.3, -0.25) is 28.8 Å². The Kier molecular flexibility index (Phi) is 17.1. The lowest BCUT2D eigenvalue weighted by Crippen LogP contribution is -2.63. The maximum absolute atomic E-state index is 16.0. The van der Waals surface area contributed by atoms with Gasteiger partial charge in [0.1, 0.15) is 82.7 Å². The van der Waals surface area contributed by atoms with Gasteiger partial charge in [0.2, 0.25) is 35.3 Å². The van der Waals surface area contributed by atoms with Crippen LogP contribution in [0.4, 0.5) is 0 Å². The third-order valence-electron chi connectivity index (χ3n) is 17.2. The van der Waals surface area contributed by atoms with Crippen LogP contribution in [0.2, 0.25) is 0 Å². The summed E-state index contributed by atoms with van der Waals surface area (Å²) in [6.07, 6.45) is -7.28. The molecule has 17 bridgehead atoms. The van der Waals surface area contributed by atoms with Gasteiger partial charge in [0.15, 0.2) is 41.4 Å². The first kappa shape index (κ1) is 63.9. The zero-order valence-electron chi connectivity index (χ0n) is 50.4. The number of aliphatic hydroxyl groups excluding tert-OH is 2. The third-order valence-corrected chi connectivity index (χ3v) is 17.2. The van der Waals surface area contributed by atoms with Crippen LogP contribution in [0.25, 0.3) is 11.1 Å². The van der Waals surface area contributed by atoms with Gasteiger partial charge in [-0.2, -0.15) is 0 Å². The summed E-state index contributed by atoms with van der Waals surface area (Å²) in [5, 5.41) is 108. The van der Waals surface area contributed by atoms with Gasteiger partial charge in [-0.15, -0.1) is 0 Å². The average Bonchev–Trinajstić information content (AvgIpc) is 0.784. The quantitative estimate of drug-likeness (QED) is 0.113. The van der Waals surface area contributed by atoms with Crippen LogP contribution in [0.5, 0.6) is 69.0 Å². The maximum atomic E-state index is 16.0. The zero-order valence-corrected chi connectivity index (χ0v) is 50.4. The number of phenolic OH excluding ortho intramolecular Hbond substituents is 6. The van der Waals surface area contributed by atoms with E-state index in [2.05, 4.69) is 37.6 Å². The molecule has 95 heavy (non-hydrogen) atoms. The molecule has 0 aliphatic carbocycles. The number of aromatic hydroxyl groups is 6. The zero-order chi connectivity index (χ0) is 67.6. The van der Waals surface area contributed by atoms with Gasteiger partial charge in [0, 0.05) is 46.3 Å². The van der Waals surface area contributed by atoms with Gasteiger partial charge in [-0.1, -0.05) is 30.3 Å². The first-order chi connectivity index (χ1) is 45.3. The molecular formula is C66H63N8O21+. The molecule has 492 valence electrons. The van der Waals surface area contributed by atoms with Crippen LogP contribution in [-0.2, 0) is 47.8 Å². The Labute approximate surface area is 538 Å². The molecule has 1 fully saturated rings. The number of methoxy groups -OCH3 is 1. The molecule has 6 amide bonds. The van der Waals surface area contributed by atoms with Crippen molar-refractivity contribution in [2.75, 3.05) is 7.11 Å².